The van der Waals surface area contributed by atoms with Gasteiger partial charge in [0.15, 0.2) is 0 Å². The zero-order chi connectivity index (χ0) is 19.6. The molecular formula is C19H16FN3O4. The summed E-state index contributed by atoms with van der Waals surface area (Å²) in [5.41, 5.74) is 0.996. The largest absolute Gasteiger partial charge is 0.478 e. The topological polar surface area (TPSA) is 108 Å². The number of aromatic nitrogens is 2. The van der Waals surface area contributed by atoms with Gasteiger partial charge in [0.1, 0.15) is 11.4 Å². The van der Waals surface area contributed by atoms with E-state index in [0.717, 1.165) is 6.07 Å². The molecule has 2 aromatic carbocycles. The summed E-state index contributed by atoms with van der Waals surface area (Å²) in [4.78, 5) is 27.9. The van der Waals surface area contributed by atoms with E-state index in [2.05, 4.69) is 10.1 Å². The van der Waals surface area contributed by atoms with E-state index in [1.807, 2.05) is 0 Å². The summed E-state index contributed by atoms with van der Waals surface area (Å²) < 4.78 is 15.0. The van der Waals surface area contributed by atoms with Gasteiger partial charge in [-0.15, -0.1) is 0 Å². The van der Waals surface area contributed by atoms with Crippen molar-refractivity contribution >= 4 is 17.9 Å². The number of benzene rings is 2. The molecule has 0 bridgehead atoms. The molecule has 1 heterocycles. The number of rotatable bonds is 5. The molecule has 27 heavy (non-hydrogen) atoms. The first kappa shape index (κ1) is 18.3. The van der Waals surface area contributed by atoms with Crippen LogP contribution in [0.4, 0.5) is 10.1 Å². The number of hydrogen-bond donors (Lipinski definition) is 3. The third-order valence-electron chi connectivity index (χ3n) is 4.03. The number of hydrogen-bond acceptors (Lipinski definition) is 4. The van der Waals surface area contributed by atoms with E-state index in [1.165, 1.54) is 23.0 Å². The average molecular weight is 369 g/mol. The molecule has 3 rings (SSSR count). The number of carbonyl (C=O) groups is 1. The Morgan fingerprint density at radius 2 is 1.96 bits per heavy atom. The number of carboxylic acids is 1. The van der Waals surface area contributed by atoms with Gasteiger partial charge in [0, 0.05) is 11.9 Å². The number of aliphatic hydroxyl groups is 1. The second-order valence-electron chi connectivity index (χ2n) is 5.81. The van der Waals surface area contributed by atoms with E-state index in [4.69, 9.17) is 10.2 Å². The van der Waals surface area contributed by atoms with Gasteiger partial charge in [0.25, 0.3) is 5.56 Å². The van der Waals surface area contributed by atoms with Crippen molar-refractivity contribution in [1.82, 2.24) is 9.78 Å². The molecule has 0 unspecified atom stereocenters. The van der Waals surface area contributed by atoms with Crippen LogP contribution in [0.2, 0.25) is 0 Å². The first-order chi connectivity index (χ1) is 12.9. The number of halogens is 1. The summed E-state index contributed by atoms with van der Waals surface area (Å²) in [6.45, 7) is 1.57. The van der Waals surface area contributed by atoms with Crippen molar-refractivity contribution in [1.29, 1.82) is 0 Å². The number of aliphatic imine (C=N–C) groups is 1. The molecule has 8 heteroatoms. The molecule has 3 N–H and O–H groups in total. The van der Waals surface area contributed by atoms with Gasteiger partial charge in [0.05, 0.1) is 23.5 Å². The molecule has 0 aliphatic rings. The highest BCUT2D eigenvalue weighted by Crippen LogP contribution is 2.22. The second-order valence-corrected chi connectivity index (χ2v) is 5.81. The third kappa shape index (κ3) is 3.56. The van der Waals surface area contributed by atoms with E-state index in [-0.39, 0.29) is 23.4 Å². The fraction of sp³-hybridized carbons (Fsp3) is 0.105. The number of nitrogens with one attached hydrogen (secondary N) is 1. The molecule has 0 fully saturated rings. The molecule has 0 aliphatic carbocycles. The SMILES string of the molecule is Cc1[nH]n(-c2ccc(CO)cc2)c(=O)c1C=Nc1cccc(F)c1C(=O)O. The number of nitrogens with zero attached hydrogens (tertiary/aromatic N) is 2. The maximum atomic E-state index is 13.7. The molecule has 0 amide bonds. The minimum atomic E-state index is -1.44. The maximum absolute atomic E-state index is 13.7. The van der Waals surface area contributed by atoms with Gasteiger partial charge in [0.2, 0.25) is 0 Å². The summed E-state index contributed by atoms with van der Waals surface area (Å²) in [6.07, 6.45) is 1.22. The van der Waals surface area contributed by atoms with Crippen LogP contribution in [0.1, 0.15) is 27.2 Å². The van der Waals surface area contributed by atoms with Gasteiger partial charge in [-0.2, -0.15) is 0 Å². The summed E-state index contributed by atoms with van der Waals surface area (Å²) in [5.74, 6) is -2.34. The van der Waals surface area contributed by atoms with E-state index >= 15 is 0 Å². The van der Waals surface area contributed by atoms with Crippen molar-refractivity contribution in [2.24, 2.45) is 4.99 Å². The molecule has 138 valence electrons. The van der Waals surface area contributed by atoms with Crippen LogP contribution < -0.4 is 5.56 Å². The van der Waals surface area contributed by atoms with Crippen molar-refractivity contribution in [2.75, 3.05) is 0 Å². The van der Waals surface area contributed by atoms with Crippen molar-refractivity contribution in [2.45, 2.75) is 13.5 Å². The van der Waals surface area contributed by atoms with Gasteiger partial charge in [-0.25, -0.2) is 13.9 Å². The smallest absolute Gasteiger partial charge is 0.340 e. The van der Waals surface area contributed by atoms with E-state index in [0.29, 0.717) is 16.9 Å². The summed E-state index contributed by atoms with van der Waals surface area (Å²) in [6, 6.07) is 10.5. The zero-order valence-corrected chi connectivity index (χ0v) is 14.3. The van der Waals surface area contributed by atoms with Crippen LogP contribution >= 0.6 is 0 Å². The lowest BCUT2D eigenvalue weighted by Gasteiger charge is -2.02. The predicted molar refractivity (Wildman–Crippen MR) is 97.7 cm³/mol. The predicted octanol–water partition coefficient (Wildman–Crippen LogP) is 2.55. The summed E-state index contributed by atoms with van der Waals surface area (Å²) in [5, 5.41) is 21.2. The third-order valence-corrected chi connectivity index (χ3v) is 4.03. The Morgan fingerprint density at radius 3 is 2.59 bits per heavy atom. The summed E-state index contributed by atoms with van der Waals surface area (Å²) >= 11 is 0. The fourth-order valence-corrected chi connectivity index (χ4v) is 2.61. The van der Waals surface area contributed by atoms with Crippen molar-refractivity contribution in [3.63, 3.8) is 0 Å². The van der Waals surface area contributed by atoms with Crippen molar-refractivity contribution in [3.05, 3.63) is 81.0 Å². The lowest BCUT2D eigenvalue weighted by atomic mass is 10.1. The number of aryl methyl sites for hydroxylation is 1. The monoisotopic (exact) mass is 369 g/mol. The highest BCUT2D eigenvalue weighted by molar-refractivity contribution is 5.95. The van der Waals surface area contributed by atoms with Gasteiger partial charge < -0.3 is 10.2 Å². The van der Waals surface area contributed by atoms with Crippen molar-refractivity contribution in [3.8, 4) is 5.69 Å². The highest BCUT2D eigenvalue weighted by Gasteiger charge is 2.16. The molecule has 7 nitrogen and oxygen atoms in total. The Morgan fingerprint density at radius 1 is 1.26 bits per heavy atom. The minimum absolute atomic E-state index is 0.0821. The van der Waals surface area contributed by atoms with Crippen molar-refractivity contribution < 1.29 is 19.4 Å². The Hall–Kier alpha value is -3.52. The first-order valence-corrected chi connectivity index (χ1v) is 8.00. The molecule has 0 radical (unpaired) electrons. The number of aromatic amines is 1. The zero-order valence-electron chi connectivity index (χ0n) is 14.3. The number of H-pyrrole nitrogens is 1. The van der Waals surface area contributed by atoms with E-state index in [9.17, 15) is 14.0 Å². The first-order valence-electron chi connectivity index (χ1n) is 8.00. The molecular weight excluding hydrogens is 353 g/mol. The van der Waals surface area contributed by atoms with Crippen LogP contribution in [0.15, 0.2) is 52.3 Å². The van der Waals surface area contributed by atoms with Gasteiger partial charge in [-0.3, -0.25) is 14.9 Å². The number of carboxylic acid groups (broad SMARTS) is 1. The normalized spacial score (nSPS) is 11.2. The van der Waals surface area contributed by atoms with Crippen LogP contribution in [-0.2, 0) is 6.61 Å². The van der Waals surface area contributed by atoms with Gasteiger partial charge in [-0.1, -0.05) is 18.2 Å². The summed E-state index contributed by atoms with van der Waals surface area (Å²) in [7, 11) is 0. The van der Waals surface area contributed by atoms with E-state index < -0.39 is 17.3 Å². The quantitative estimate of drug-likeness (QED) is 0.601. The molecule has 0 saturated heterocycles. The average Bonchev–Trinajstić information content (AvgIpc) is 2.93. The second kappa shape index (κ2) is 7.38. The van der Waals surface area contributed by atoms with E-state index in [1.54, 1.807) is 31.2 Å². The Balaban J connectivity index is 2.01. The molecule has 1 aromatic heterocycles. The van der Waals surface area contributed by atoms with Crippen LogP contribution in [0, 0.1) is 12.7 Å². The number of aromatic carboxylic acids is 1. The van der Waals surface area contributed by atoms with Crippen LogP contribution in [-0.4, -0.2) is 32.2 Å². The number of aliphatic hydroxyl groups excluding tert-OH is 1. The van der Waals surface area contributed by atoms with Gasteiger partial charge in [-0.05, 0) is 36.8 Å². The lowest BCUT2D eigenvalue weighted by molar-refractivity contribution is 0.0693. The minimum Gasteiger partial charge on any atom is -0.478 e. The maximum Gasteiger partial charge on any atom is 0.340 e. The van der Waals surface area contributed by atoms with Gasteiger partial charge >= 0.3 is 5.97 Å². The highest BCUT2D eigenvalue weighted by atomic mass is 19.1. The lowest BCUT2D eigenvalue weighted by Crippen LogP contribution is -2.17. The van der Waals surface area contributed by atoms with Crippen LogP contribution in [0.5, 0.6) is 0 Å². The Labute approximate surface area is 153 Å². The fourth-order valence-electron chi connectivity index (χ4n) is 2.61. The molecule has 0 saturated carbocycles. The molecule has 0 aliphatic heterocycles. The molecule has 0 spiro atoms. The Kier molecular flexibility index (Phi) is 5.00. The Bertz CT molecular complexity index is 1080. The molecule has 0 atom stereocenters. The molecule has 3 aromatic rings. The standard InChI is InChI=1S/C19H16FN3O4/c1-11-14(9-21-16-4-2-3-15(20)17(16)19(26)27)18(25)23(22-11)13-7-5-12(10-24)6-8-13/h2-9,22,24H,10H2,1H3,(H,26,27). The van der Waals surface area contributed by atoms with Crippen LogP contribution in [0.25, 0.3) is 5.69 Å². The van der Waals surface area contributed by atoms with Crippen LogP contribution in [0.3, 0.4) is 0 Å².